The zero-order valence-electron chi connectivity index (χ0n) is 15.2. The first kappa shape index (κ1) is 17.7. The highest BCUT2D eigenvalue weighted by Crippen LogP contribution is 2.26. The summed E-state index contributed by atoms with van der Waals surface area (Å²) in [5.41, 5.74) is 1.72. The second-order valence-electron chi connectivity index (χ2n) is 6.41. The molecule has 3 rings (SSSR count). The third-order valence-corrected chi connectivity index (χ3v) is 4.11. The summed E-state index contributed by atoms with van der Waals surface area (Å²) in [5.74, 6) is 0.875. The van der Waals surface area contributed by atoms with Gasteiger partial charge in [-0.1, -0.05) is 18.2 Å². The lowest BCUT2D eigenvalue weighted by molar-refractivity contribution is -0.130. The Morgan fingerprint density at radius 1 is 1.15 bits per heavy atom. The van der Waals surface area contributed by atoms with Crippen molar-refractivity contribution in [2.45, 2.75) is 19.9 Å². The van der Waals surface area contributed by atoms with Crippen molar-refractivity contribution in [2.75, 3.05) is 14.1 Å². The molecule has 0 radical (unpaired) electrons. The molecular weight excluding hydrogens is 330 g/mol. The largest absolute Gasteiger partial charge is 0.460 e. The summed E-state index contributed by atoms with van der Waals surface area (Å²) < 4.78 is 5.65. The standard InChI is InChI=1S/C20H21N3O3/c1-12-9-10-18(26-12)17-11-15(14-7-5-6-8-16(14)22-17)19(24)21-13(2)20(25)23(3)4/h5-11,13H,1-4H3,(H,21,24)/t13-/m1/s1. The first-order valence-corrected chi connectivity index (χ1v) is 8.35. The molecule has 26 heavy (non-hydrogen) atoms. The summed E-state index contributed by atoms with van der Waals surface area (Å²) in [5, 5.41) is 3.49. The first-order valence-electron chi connectivity index (χ1n) is 8.35. The number of amides is 2. The molecule has 1 aromatic carbocycles. The van der Waals surface area contributed by atoms with Crippen LogP contribution in [0.3, 0.4) is 0 Å². The molecule has 2 aromatic heterocycles. The summed E-state index contributed by atoms with van der Waals surface area (Å²) in [6, 6.07) is 12.2. The summed E-state index contributed by atoms with van der Waals surface area (Å²) in [6.45, 7) is 3.52. The van der Waals surface area contributed by atoms with Gasteiger partial charge in [-0.25, -0.2) is 4.98 Å². The van der Waals surface area contributed by atoms with Gasteiger partial charge in [-0.2, -0.15) is 0 Å². The number of para-hydroxylation sites is 1. The number of carbonyl (C=O) groups excluding carboxylic acids is 2. The molecule has 134 valence electrons. The van der Waals surface area contributed by atoms with E-state index in [4.69, 9.17) is 4.42 Å². The Morgan fingerprint density at radius 2 is 1.88 bits per heavy atom. The van der Waals surface area contributed by atoms with Crippen LogP contribution in [0.5, 0.6) is 0 Å². The van der Waals surface area contributed by atoms with Gasteiger partial charge in [0.15, 0.2) is 5.76 Å². The molecule has 3 aromatic rings. The van der Waals surface area contributed by atoms with E-state index in [1.165, 1.54) is 4.90 Å². The van der Waals surface area contributed by atoms with Gasteiger partial charge in [-0.3, -0.25) is 9.59 Å². The predicted octanol–water partition coefficient (Wildman–Crippen LogP) is 3.01. The molecule has 6 nitrogen and oxygen atoms in total. The number of hydrogen-bond donors (Lipinski definition) is 1. The Bertz CT molecular complexity index is 975. The lowest BCUT2D eigenvalue weighted by Crippen LogP contribution is -2.44. The third-order valence-electron chi connectivity index (χ3n) is 4.11. The van der Waals surface area contributed by atoms with Crippen molar-refractivity contribution in [2.24, 2.45) is 0 Å². The molecule has 2 amide bonds. The van der Waals surface area contributed by atoms with Gasteiger partial charge in [0.2, 0.25) is 5.91 Å². The molecule has 0 saturated carbocycles. The molecule has 0 saturated heterocycles. The van der Waals surface area contributed by atoms with E-state index in [-0.39, 0.29) is 11.8 Å². The Balaban J connectivity index is 2.03. The van der Waals surface area contributed by atoms with Gasteiger partial charge in [0.1, 0.15) is 17.5 Å². The second kappa shape index (κ2) is 7.00. The average Bonchev–Trinajstić information content (AvgIpc) is 3.06. The van der Waals surface area contributed by atoms with Crippen LogP contribution in [0.15, 0.2) is 46.9 Å². The van der Waals surface area contributed by atoms with Gasteiger partial charge in [-0.05, 0) is 38.1 Å². The Labute approximate surface area is 151 Å². The molecular formula is C20H21N3O3. The number of rotatable bonds is 4. The molecule has 0 fully saturated rings. The summed E-state index contributed by atoms with van der Waals surface area (Å²) in [7, 11) is 3.31. The minimum atomic E-state index is -0.626. The molecule has 2 heterocycles. The van der Waals surface area contributed by atoms with Crippen LogP contribution in [0.2, 0.25) is 0 Å². The maximum absolute atomic E-state index is 12.8. The fourth-order valence-corrected chi connectivity index (χ4v) is 2.79. The van der Waals surface area contributed by atoms with Crippen molar-refractivity contribution in [3.05, 3.63) is 53.8 Å². The zero-order valence-corrected chi connectivity index (χ0v) is 15.2. The van der Waals surface area contributed by atoms with Crippen molar-refractivity contribution in [1.82, 2.24) is 15.2 Å². The number of hydrogen-bond acceptors (Lipinski definition) is 4. The number of aromatic nitrogens is 1. The Kier molecular flexibility index (Phi) is 4.75. The third kappa shape index (κ3) is 3.44. The highest BCUT2D eigenvalue weighted by atomic mass is 16.3. The SMILES string of the molecule is Cc1ccc(-c2cc(C(=O)N[C@H](C)C(=O)N(C)C)c3ccccc3n2)o1. The van der Waals surface area contributed by atoms with Crippen LogP contribution in [0, 0.1) is 6.92 Å². The van der Waals surface area contributed by atoms with Crippen molar-refractivity contribution in [3.8, 4) is 11.5 Å². The quantitative estimate of drug-likeness (QED) is 0.784. The summed E-state index contributed by atoms with van der Waals surface area (Å²) >= 11 is 0. The number of nitrogens with zero attached hydrogens (tertiary/aromatic N) is 2. The number of likely N-dealkylation sites (N-methyl/N-ethyl adjacent to an activating group) is 1. The lowest BCUT2D eigenvalue weighted by Gasteiger charge is -2.18. The van der Waals surface area contributed by atoms with Crippen LogP contribution in [0.1, 0.15) is 23.0 Å². The van der Waals surface area contributed by atoms with Crippen molar-refractivity contribution >= 4 is 22.7 Å². The maximum atomic E-state index is 12.8. The molecule has 0 aliphatic rings. The number of aryl methyl sites for hydroxylation is 1. The number of furan rings is 1. The van der Waals surface area contributed by atoms with Gasteiger partial charge in [-0.15, -0.1) is 0 Å². The van der Waals surface area contributed by atoms with Gasteiger partial charge in [0.25, 0.3) is 5.91 Å². The first-order chi connectivity index (χ1) is 12.4. The second-order valence-corrected chi connectivity index (χ2v) is 6.41. The Morgan fingerprint density at radius 3 is 2.54 bits per heavy atom. The average molecular weight is 351 g/mol. The number of nitrogens with one attached hydrogen (secondary N) is 1. The predicted molar refractivity (Wildman–Crippen MR) is 99.8 cm³/mol. The minimum Gasteiger partial charge on any atom is -0.460 e. The zero-order chi connectivity index (χ0) is 18.8. The molecule has 0 bridgehead atoms. The topological polar surface area (TPSA) is 75.4 Å². The van der Waals surface area contributed by atoms with Gasteiger partial charge in [0.05, 0.1) is 11.1 Å². The van der Waals surface area contributed by atoms with Gasteiger partial charge >= 0.3 is 0 Å². The van der Waals surface area contributed by atoms with Crippen LogP contribution in [0.25, 0.3) is 22.4 Å². The highest BCUT2D eigenvalue weighted by molar-refractivity contribution is 6.08. The molecule has 0 spiro atoms. The van der Waals surface area contributed by atoms with Crippen molar-refractivity contribution in [1.29, 1.82) is 0 Å². The maximum Gasteiger partial charge on any atom is 0.252 e. The number of carbonyl (C=O) groups is 2. The molecule has 0 unspecified atom stereocenters. The van der Waals surface area contributed by atoms with E-state index in [9.17, 15) is 9.59 Å². The summed E-state index contributed by atoms with van der Waals surface area (Å²) in [4.78, 5) is 30.9. The normalized spacial score (nSPS) is 12.0. The van der Waals surface area contributed by atoms with Crippen molar-refractivity contribution < 1.29 is 14.0 Å². The van der Waals surface area contributed by atoms with Crippen molar-refractivity contribution in [3.63, 3.8) is 0 Å². The molecule has 0 aliphatic heterocycles. The van der Waals surface area contributed by atoms with E-state index in [1.807, 2.05) is 43.3 Å². The minimum absolute atomic E-state index is 0.168. The van der Waals surface area contributed by atoms with Crippen LogP contribution in [0.4, 0.5) is 0 Å². The van der Waals surface area contributed by atoms with E-state index in [0.717, 1.165) is 11.1 Å². The molecule has 0 aliphatic carbocycles. The fourth-order valence-electron chi connectivity index (χ4n) is 2.79. The molecule has 1 N–H and O–H groups in total. The molecule has 1 atom stereocenters. The smallest absolute Gasteiger partial charge is 0.252 e. The fraction of sp³-hybridized carbons (Fsp3) is 0.250. The Hall–Kier alpha value is -3.15. The van der Waals surface area contributed by atoms with E-state index in [2.05, 4.69) is 10.3 Å². The molecule has 6 heteroatoms. The van der Waals surface area contributed by atoms with Crippen LogP contribution < -0.4 is 5.32 Å². The van der Waals surface area contributed by atoms with E-state index in [0.29, 0.717) is 22.5 Å². The number of pyridine rings is 1. The van der Waals surface area contributed by atoms with E-state index in [1.54, 1.807) is 27.1 Å². The lowest BCUT2D eigenvalue weighted by atomic mass is 10.1. The number of fused-ring (bicyclic) bond motifs is 1. The van der Waals surface area contributed by atoms with Gasteiger partial charge in [0, 0.05) is 19.5 Å². The highest BCUT2D eigenvalue weighted by Gasteiger charge is 2.21. The van der Waals surface area contributed by atoms with Crippen LogP contribution >= 0.6 is 0 Å². The van der Waals surface area contributed by atoms with E-state index >= 15 is 0 Å². The number of benzene rings is 1. The monoisotopic (exact) mass is 351 g/mol. The van der Waals surface area contributed by atoms with E-state index < -0.39 is 6.04 Å². The van der Waals surface area contributed by atoms with Crippen LogP contribution in [-0.2, 0) is 4.79 Å². The van der Waals surface area contributed by atoms with Gasteiger partial charge < -0.3 is 14.6 Å². The van der Waals surface area contributed by atoms with Crippen LogP contribution in [-0.4, -0.2) is 41.8 Å². The summed E-state index contributed by atoms with van der Waals surface area (Å²) in [6.07, 6.45) is 0.